The minimum atomic E-state index is 1.10. The van der Waals surface area contributed by atoms with Gasteiger partial charge in [-0.1, -0.05) is 182 Å². The maximum absolute atomic E-state index is 2.41. The van der Waals surface area contributed by atoms with Gasteiger partial charge in [-0.05, 0) is 92.5 Å². The van der Waals surface area contributed by atoms with E-state index in [1.54, 1.807) is 0 Å². The lowest BCUT2D eigenvalue weighted by Gasteiger charge is -2.29. The molecule has 10 aromatic rings. The van der Waals surface area contributed by atoms with Gasteiger partial charge in [-0.25, -0.2) is 0 Å². The van der Waals surface area contributed by atoms with Crippen molar-refractivity contribution in [2.45, 2.75) is 0 Å². The molecule has 0 radical (unpaired) electrons. The second-order valence-electron chi connectivity index (χ2n) is 14.1. The van der Waals surface area contributed by atoms with Crippen LogP contribution in [-0.4, -0.2) is 0 Å². The minimum absolute atomic E-state index is 1.10. The van der Waals surface area contributed by atoms with E-state index in [-0.39, 0.29) is 0 Å². The molecule has 0 bridgehead atoms. The summed E-state index contributed by atoms with van der Waals surface area (Å²) >= 11 is 1.87. The van der Waals surface area contributed by atoms with Gasteiger partial charge < -0.3 is 4.90 Å². The highest BCUT2D eigenvalue weighted by Crippen LogP contribution is 2.45. The van der Waals surface area contributed by atoms with Gasteiger partial charge in [0.05, 0.1) is 5.69 Å². The van der Waals surface area contributed by atoms with Crippen molar-refractivity contribution in [2.75, 3.05) is 4.90 Å². The summed E-state index contributed by atoms with van der Waals surface area (Å²) in [5.74, 6) is 0. The van der Waals surface area contributed by atoms with Crippen LogP contribution in [0.25, 0.3) is 75.8 Å². The van der Waals surface area contributed by atoms with Crippen molar-refractivity contribution in [3.05, 3.63) is 224 Å². The van der Waals surface area contributed by atoms with Crippen LogP contribution in [0.5, 0.6) is 0 Å². The maximum atomic E-state index is 2.41. The highest BCUT2D eigenvalue weighted by Gasteiger charge is 2.20. The second kappa shape index (κ2) is 14.7. The molecule has 9 aromatic carbocycles. The lowest BCUT2D eigenvalue weighted by atomic mass is 9.91. The van der Waals surface area contributed by atoms with E-state index >= 15 is 0 Å². The Morgan fingerprint density at radius 3 is 1.39 bits per heavy atom. The van der Waals surface area contributed by atoms with Crippen LogP contribution in [0, 0.1) is 0 Å². The van der Waals surface area contributed by atoms with Gasteiger partial charge in [0.2, 0.25) is 0 Å². The second-order valence-corrected chi connectivity index (χ2v) is 15.1. The summed E-state index contributed by atoms with van der Waals surface area (Å²) in [5.41, 5.74) is 15.3. The third-order valence-corrected chi connectivity index (χ3v) is 11.9. The van der Waals surface area contributed by atoms with Gasteiger partial charge in [0, 0.05) is 37.1 Å². The van der Waals surface area contributed by atoms with Crippen molar-refractivity contribution >= 4 is 48.6 Å². The van der Waals surface area contributed by atoms with Gasteiger partial charge >= 0.3 is 0 Å². The molecule has 264 valence electrons. The third-order valence-electron chi connectivity index (χ3n) is 10.7. The Bertz CT molecular complexity index is 2930. The molecule has 0 aliphatic carbocycles. The van der Waals surface area contributed by atoms with Gasteiger partial charge in [-0.2, -0.15) is 0 Å². The summed E-state index contributed by atoms with van der Waals surface area (Å²) in [5, 5.41) is 2.63. The first-order chi connectivity index (χ1) is 27.8. The fourth-order valence-corrected chi connectivity index (χ4v) is 9.22. The summed E-state index contributed by atoms with van der Waals surface area (Å²) < 4.78 is 2.65. The number of fused-ring (bicyclic) bond motifs is 3. The van der Waals surface area contributed by atoms with Gasteiger partial charge in [0.1, 0.15) is 0 Å². The Balaban J connectivity index is 1.13. The molecule has 2 heteroatoms. The molecule has 0 unspecified atom stereocenters. The normalized spacial score (nSPS) is 11.2. The Hall–Kier alpha value is -7.00. The molecule has 1 nitrogen and oxygen atoms in total. The number of benzene rings is 9. The average molecular weight is 732 g/mol. The SMILES string of the molecule is c1ccc(-c2ccc(N(c3ccc(-c4cccc5c4sc4ccccc45)cc3)c3ccc(-c4ccccc4-c4ccccc4)cc3-c3ccccc3)cc2)cc1. The summed E-state index contributed by atoms with van der Waals surface area (Å²) in [6.45, 7) is 0. The first-order valence-corrected chi connectivity index (χ1v) is 19.9. The molecule has 1 aromatic heterocycles. The van der Waals surface area contributed by atoms with E-state index in [0.29, 0.717) is 0 Å². The van der Waals surface area contributed by atoms with Gasteiger partial charge in [0.15, 0.2) is 0 Å². The molecule has 0 N–H and O–H groups in total. The van der Waals surface area contributed by atoms with Crippen LogP contribution in [0.3, 0.4) is 0 Å². The summed E-state index contributed by atoms with van der Waals surface area (Å²) in [6.07, 6.45) is 0. The van der Waals surface area contributed by atoms with Crippen molar-refractivity contribution in [3.8, 4) is 55.6 Å². The molecule has 56 heavy (non-hydrogen) atoms. The monoisotopic (exact) mass is 731 g/mol. The molecular formula is C54H37NS. The molecule has 0 fully saturated rings. The maximum Gasteiger partial charge on any atom is 0.0540 e. The predicted molar refractivity (Wildman–Crippen MR) is 241 cm³/mol. The van der Waals surface area contributed by atoms with E-state index in [9.17, 15) is 0 Å². The zero-order valence-electron chi connectivity index (χ0n) is 30.7. The Kier molecular flexibility index (Phi) is 8.79. The smallest absolute Gasteiger partial charge is 0.0540 e. The number of rotatable bonds is 8. The van der Waals surface area contributed by atoms with Crippen LogP contribution in [0.15, 0.2) is 224 Å². The van der Waals surface area contributed by atoms with E-state index in [2.05, 4.69) is 229 Å². The van der Waals surface area contributed by atoms with Crippen LogP contribution in [0.1, 0.15) is 0 Å². The highest BCUT2D eigenvalue weighted by atomic mass is 32.1. The van der Waals surface area contributed by atoms with Crippen LogP contribution in [0.4, 0.5) is 17.1 Å². The number of hydrogen-bond acceptors (Lipinski definition) is 2. The number of anilines is 3. The van der Waals surface area contributed by atoms with Gasteiger partial charge in [-0.15, -0.1) is 11.3 Å². The van der Waals surface area contributed by atoms with Crippen molar-refractivity contribution in [1.82, 2.24) is 0 Å². The molecule has 0 aliphatic heterocycles. The van der Waals surface area contributed by atoms with E-state index in [0.717, 1.165) is 22.6 Å². The molecule has 0 spiro atoms. The Labute approximate surface area is 332 Å². The van der Waals surface area contributed by atoms with Crippen molar-refractivity contribution in [2.24, 2.45) is 0 Å². The van der Waals surface area contributed by atoms with Crippen LogP contribution in [0.2, 0.25) is 0 Å². The van der Waals surface area contributed by atoms with E-state index in [1.807, 2.05) is 11.3 Å². The minimum Gasteiger partial charge on any atom is -0.310 e. The first-order valence-electron chi connectivity index (χ1n) is 19.1. The largest absolute Gasteiger partial charge is 0.310 e. The average Bonchev–Trinajstić information content (AvgIpc) is 3.67. The lowest BCUT2D eigenvalue weighted by Crippen LogP contribution is -2.11. The van der Waals surface area contributed by atoms with Crippen molar-refractivity contribution in [1.29, 1.82) is 0 Å². The van der Waals surface area contributed by atoms with Crippen LogP contribution in [-0.2, 0) is 0 Å². The number of hydrogen-bond donors (Lipinski definition) is 0. The molecule has 0 saturated heterocycles. The Morgan fingerprint density at radius 1 is 0.286 bits per heavy atom. The summed E-state index contributed by atoms with van der Waals surface area (Å²) in [7, 11) is 0. The molecular weight excluding hydrogens is 695 g/mol. The topological polar surface area (TPSA) is 3.24 Å². The fraction of sp³-hybridized carbons (Fsp3) is 0. The number of thiophene rings is 1. The number of nitrogens with zero attached hydrogens (tertiary/aromatic N) is 1. The quantitative estimate of drug-likeness (QED) is 0.150. The third kappa shape index (κ3) is 6.26. The summed E-state index contributed by atoms with van der Waals surface area (Å²) in [6, 6.07) is 81.3. The van der Waals surface area contributed by atoms with Gasteiger partial charge in [-0.3, -0.25) is 0 Å². The van der Waals surface area contributed by atoms with Crippen LogP contribution < -0.4 is 4.90 Å². The van der Waals surface area contributed by atoms with Crippen molar-refractivity contribution in [3.63, 3.8) is 0 Å². The fourth-order valence-electron chi connectivity index (χ4n) is 7.98. The first kappa shape index (κ1) is 33.6. The molecule has 10 rings (SSSR count). The molecule has 0 atom stereocenters. The summed E-state index contributed by atoms with van der Waals surface area (Å²) in [4.78, 5) is 2.41. The molecule has 1 heterocycles. The Morgan fingerprint density at radius 2 is 0.732 bits per heavy atom. The zero-order valence-corrected chi connectivity index (χ0v) is 31.5. The predicted octanol–water partition coefficient (Wildman–Crippen LogP) is 15.9. The van der Waals surface area contributed by atoms with Crippen LogP contribution >= 0.6 is 11.3 Å². The van der Waals surface area contributed by atoms with E-state index in [4.69, 9.17) is 0 Å². The standard InChI is InChI=1S/C54H37NS/c1-4-15-38(16-5-1)39-27-32-44(33-28-39)55(45-34-29-42(30-35-45)48-24-14-25-50-49-23-12-13-26-53(49)56-54(48)50)52-36-31-43(37-51(52)41-19-8-3-9-20-41)47-22-11-10-21-46(47)40-17-6-2-7-18-40/h1-37H. The van der Waals surface area contributed by atoms with E-state index < -0.39 is 0 Å². The molecule has 0 amide bonds. The highest BCUT2D eigenvalue weighted by molar-refractivity contribution is 7.26. The molecule has 0 aliphatic rings. The molecule has 0 saturated carbocycles. The van der Waals surface area contributed by atoms with Crippen molar-refractivity contribution < 1.29 is 0 Å². The van der Waals surface area contributed by atoms with Gasteiger partial charge in [0.25, 0.3) is 0 Å². The zero-order chi connectivity index (χ0) is 37.3. The van der Waals surface area contributed by atoms with E-state index in [1.165, 1.54) is 70.2 Å². The lowest BCUT2D eigenvalue weighted by molar-refractivity contribution is 1.28.